The second kappa shape index (κ2) is 5.87. The Morgan fingerprint density at radius 3 is 2.48 bits per heavy atom. The van der Waals surface area contributed by atoms with E-state index in [0.717, 1.165) is 28.0 Å². The molecule has 0 aliphatic heterocycles. The first-order valence-corrected chi connectivity index (χ1v) is 8.23. The Morgan fingerprint density at radius 2 is 1.74 bits per heavy atom. The van der Waals surface area contributed by atoms with Crippen molar-refractivity contribution in [2.24, 2.45) is 0 Å². The number of hydrogen-bond acceptors (Lipinski definition) is 5. The Hall–Kier alpha value is -3.81. The highest BCUT2D eigenvalue weighted by Gasteiger charge is 2.18. The first-order chi connectivity index (χ1) is 13.2. The molecule has 0 N–H and O–H groups in total. The predicted octanol–water partition coefficient (Wildman–Crippen LogP) is 3.28. The Labute approximate surface area is 152 Å². The van der Waals surface area contributed by atoms with Crippen LogP contribution in [0.4, 0.5) is 4.39 Å². The van der Waals surface area contributed by atoms with Crippen molar-refractivity contribution in [3.05, 3.63) is 66.9 Å². The van der Waals surface area contributed by atoms with Crippen LogP contribution in [0.5, 0.6) is 5.75 Å². The van der Waals surface area contributed by atoms with Gasteiger partial charge in [0.15, 0.2) is 11.3 Å². The van der Waals surface area contributed by atoms with Crippen molar-refractivity contribution in [1.82, 2.24) is 29.6 Å². The molecule has 0 bridgehead atoms. The van der Waals surface area contributed by atoms with Crippen LogP contribution in [-0.4, -0.2) is 36.7 Å². The summed E-state index contributed by atoms with van der Waals surface area (Å²) in [5.41, 5.74) is 3.98. The van der Waals surface area contributed by atoms with Gasteiger partial charge in [0.25, 0.3) is 0 Å². The number of fused-ring (bicyclic) bond motifs is 3. The van der Waals surface area contributed by atoms with E-state index in [1.54, 1.807) is 25.6 Å². The number of tetrazole rings is 1. The van der Waals surface area contributed by atoms with Crippen LogP contribution in [-0.2, 0) is 0 Å². The highest BCUT2D eigenvalue weighted by atomic mass is 19.1. The van der Waals surface area contributed by atoms with E-state index in [1.165, 1.54) is 16.6 Å². The molecule has 0 aliphatic carbocycles. The summed E-state index contributed by atoms with van der Waals surface area (Å²) >= 11 is 0. The first kappa shape index (κ1) is 15.4. The van der Waals surface area contributed by atoms with Crippen LogP contribution in [0.25, 0.3) is 33.5 Å². The van der Waals surface area contributed by atoms with Crippen LogP contribution in [0.3, 0.4) is 0 Å². The second-order valence-electron chi connectivity index (χ2n) is 6.01. The molecule has 3 aromatic heterocycles. The fourth-order valence-electron chi connectivity index (χ4n) is 3.18. The molecule has 8 heteroatoms. The van der Waals surface area contributed by atoms with Crippen molar-refractivity contribution in [1.29, 1.82) is 0 Å². The molecular weight excluding hydrogens is 347 g/mol. The van der Waals surface area contributed by atoms with Gasteiger partial charge in [-0.15, -0.1) is 5.10 Å². The summed E-state index contributed by atoms with van der Waals surface area (Å²) in [7, 11) is 1.63. The largest absolute Gasteiger partial charge is 0.497 e. The minimum atomic E-state index is -0.289. The van der Waals surface area contributed by atoms with Gasteiger partial charge in [-0.1, -0.05) is 12.1 Å². The maximum Gasteiger partial charge on any atom is 0.192 e. The van der Waals surface area contributed by atoms with Gasteiger partial charge >= 0.3 is 0 Å². The summed E-state index contributed by atoms with van der Waals surface area (Å²) in [5.74, 6) is 0.482. The van der Waals surface area contributed by atoms with Crippen molar-refractivity contribution in [2.45, 2.75) is 0 Å². The number of rotatable bonds is 3. The summed E-state index contributed by atoms with van der Waals surface area (Å²) < 4.78 is 22.0. The van der Waals surface area contributed by atoms with Crippen LogP contribution >= 0.6 is 0 Å². The predicted molar refractivity (Wildman–Crippen MR) is 97.4 cm³/mol. The summed E-state index contributed by atoms with van der Waals surface area (Å²) in [4.78, 5) is 4.53. The molecule has 0 saturated heterocycles. The van der Waals surface area contributed by atoms with Gasteiger partial charge in [-0.05, 0) is 52.4 Å². The zero-order valence-electron chi connectivity index (χ0n) is 14.2. The number of methoxy groups -OCH3 is 1. The molecule has 0 saturated carbocycles. The highest BCUT2D eigenvalue weighted by Crippen LogP contribution is 2.34. The minimum Gasteiger partial charge on any atom is -0.497 e. The molecule has 0 radical (unpaired) electrons. The van der Waals surface area contributed by atoms with E-state index in [-0.39, 0.29) is 5.82 Å². The van der Waals surface area contributed by atoms with Gasteiger partial charge in [0.05, 0.1) is 12.5 Å². The monoisotopic (exact) mass is 360 g/mol. The molecule has 0 unspecified atom stereocenters. The Balaban J connectivity index is 1.83. The van der Waals surface area contributed by atoms with Crippen LogP contribution in [0, 0.1) is 5.82 Å². The van der Waals surface area contributed by atoms with Crippen LogP contribution < -0.4 is 4.74 Å². The third-order valence-corrected chi connectivity index (χ3v) is 4.49. The average molecular weight is 360 g/mol. The van der Waals surface area contributed by atoms with Gasteiger partial charge in [0.2, 0.25) is 0 Å². The molecule has 0 fully saturated rings. The Kier molecular flexibility index (Phi) is 3.36. The molecule has 27 heavy (non-hydrogen) atoms. The van der Waals surface area contributed by atoms with E-state index >= 15 is 0 Å². The maximum absolute atomic E-state index is 13.4. The molecule has 0 atom stereocenters. The fraction of sp³-hybridized carbons (Fsp3) is 0.0526. The van der Waals surface area contributed by atoms with Gasteiger partial charge in [0.1, 0.15) is 17.9 Å². The molecular formula is C19H13FN6O. The second-order valence-corrected chi connectivity index (χ2v) is 6.01. The number of ether oxygens (including phenoxy) is 1. The van der Waals surface area contributed by atoms with E-state index in [9.17, 15) is 4.39 Å². The van der Waals surface area contributed by atoms with E-state index in [2.05, 4.69) is 20.5 Å². The molecule has 7 nitrogen and oxygen atoms in total. The topological polar surface area (TPSA) is 70.1 Å². The SMILES string of the molecule is COc1ccc(-c2cn(-c3ccc(F)cc3)c3ncn4nnnc4c23)cc1. The molecule has 132 valence electrons. The van der Waals surface area contributed by atoms with E-state index in [0.29, 0.717) is 11.3 Å². The normalized spacial score (nSPS) is 11.3. The number of halogens is 1. The van der Waals surface area contributed by atoms with Crippen LogP contribution in [0.2, 0.25) is 0 Å². The molecule has 0 amide bonds. The minimum absolute atomic E-state index is 0.289. The third kappa shape index (κ3) is 2.42. The first-order valence-electron chi connectivity index (χ1n) is 8.23. The quantitative estimate of drug-likeness (QED) is 0.494. The molecule has 0 spiro atoms. The van der Waals surface area contributed by atoms with Crippen LogP contribution in [0.1, 0.15) is 0 Å². The number of benzene rings is 2. The van der Waals surface area contributed by atoms with Gasteiger partial charge in [-0.2, -0.15) is 4.52 Å². The third-order valence-electron chi connectivity index (χ3n) is 4.49. The number of hydrogen-bond donors (Lipinski definition) is 0. The van der Waals surface area contributed by atoms with Crippen LogP contribution in [0.15, 0.2) is 61.1 Å². The van der Waals surface area contributed by atoms with Crippen molar-refractivity contribution < 1.29 is 9.13 Å². The van der Waals surface area contributed by atoms with Gasteiger partial charge in [-0.25, -0.2) is 9.37 Å². The summed E-state index contributed by atoms with van der Waals surface area (Å²) in [5, 5.41) is 12.7. The lowest BCUT2D eigenvalue weighted by Crippen LogP contribution is -1.96. The smallest absolute Gasteiger partial charge is 0.192 e. The fourth-order valence-corrected chi connectivity index (χ4v) is 3.18. The molecule has 5 rings (SSSR count). The lowest BCUT2D eigenvalue weighted by molar-refractivity contribution is 0.415. The van der Waals surface area contributed by atoms with E-state index in [4.69, 9.17) is 4.74 Å². The summed E-state index contributed by atoms with van der Waals surface area (Å²) in [6, 6.07) is 14.0. The van der Waals surface area contributed by atoms with Crippen molar-refractivity contribution in [3.63, 3.8) is 0 Å². The van der Waals surface area contributed by atoms with Gasteiger partial charge in [0, 0.05) is 17.4 Å². The zero-order chi connectivity index (χ0) is 18.4. The lowest BCUT2D eigenvalue weighted by atomic mass is 10.1. The van der Waals surface area contributed by atoms with Gasteiger partial charge < -0.3 is 9.30 Å². The highest BCUT2D eigenvalue weighted by molar-refractivity contribution is 6.03. The summed E-state index contributed by atoms with van der Waals surface area (Å²) in [6.07, 6.45) is 3.52. The number of aromatic nitrogens is 6. The maximum atomic E-state index is 13.4. The molecule has 2 aromatic carbocycles. The average Bonchev–Trinajstić information content (AvgIpc) is 3.33. The van der Waals surface area contributed by atoms with Crippen molar-refractivity contribution in [2.75, 3.05) is 7.11 Å². The molecule has 3 heterocycles. The molecule has 0 aliphatic rings. The number of nitrogens with zero attached hydrogens (tertiary/aromatic N) is 6. The van der Waals surface area contributed by atoms with Crippen molar-refractivity contribution in [3.8, 4) is 22.6 Å². The van der Waals surface area contributed by atoms with E-state index < -0.39 is 0 Å². The molecule has 5 aromatic rings. The van der Waals surface area contributed by atoms with Crippen molar-refractivity contribution >= 4 is 16.7 Å². The zero-order valence-corrected chi connectivity index (χ0v) is 14.2. The standard InChI is InChI=1S/C19H13FN6O/c1-27-15-8-2-12(3-9-15)16-10-25(14-6-4-13(20)5-7-14)18-17(16)19-22-23-24-26(19)11-21-18/h2-11H,1H3. The van der Waals surface area contributed by atoms with Gasteiger partial charge in [-0.3, -0.25) is 0 Å². The Bertz CT molecular complexity index is 1260. The lowest BCUT2D eigenvalue weighted by Gasteiger charge is -2.04. The Morgan fingerprint density at radius 1 is 0.963 bits per heavy atom. The summed E-state index contributed by atoms with van der Waals surface area (Å²) in [6.45, 7) is 0. The van der Waals surface area contributed by atoms with E-state index in [1.807, 2.05) is 35.0 Å².